The number of alkyl halides is 2. The number of hydrogen-bond donors (Lipinski definition) is 3. The van der Waals surface area contributed by atoms with Crippen LogP contribution in [0.4, 0.5) is 14.5 Å². The molecule has 5 amide bonds. The molecule has 4 aromatic rings. The second kappa shape index (κ2) is 19.4. The van der Waals surface area contributed by atoms with E-state index in [4.69, 9.17) is 9.15 Å². The summed E-state index contributed by atoms with van der Waals surface area (Å²) >= 11 is 0. The highest BCUT2D eigenvalue weighted by Gasteiger charge is 2.45. The number of aryl methyl sites for hydroxylation is 1. The average molecular weight is 852 g/mol. The summed E-state index contributed by atoms with van der Waals surface area (Å²) in [5, 5.41) is 12.0. The highest BCUT2D eigenvalue weighted by molar-refractivity contribution is 6.24. The summed E-state index contributed by atoms with van der Waals surface area (Å²) in [5.41, 5.74) is 2.40. The minimum atomic E-state index is -2.96. The molecule has 2 aliphatic heterocycles. The molecule has 0 spiro atoms. The molecule has 7 rings (SSSR count). The number of imide groups is 2. The molecule has 16 nitrogen and oxygen atoms in total. The van der Waals surface area contributed by atoms with Gasteiger partial charge in [-0.1, -0.05) is 30.3 Å². The Bertz CT molecular complexity index is 2420. The Hall–Kier alpha value is -6.66. The van der Waals surface area contributed by atoms with Gasteiger partial charge in [-0.3, -0.25) is 39.1 Å². The van der Waals surface area contributed by atoms with E-state index in [2.05, 4.69) is 42.6 Å². The van der Waals surface area contributed by atoms with Gasteiger partial charge in [0.15, 0.2) is 11.4 Å². The predicted octanol–water partition coefficient (Wildman–Crippen LogP) is 5.48. The number of anilines is 1. The number of fused-ring (bicyclic) bond motifs is 1. The topological polar surface area (TPSA) is 193 Å². The number of carbonyl (C=O) groups is 5. The Kier molecular flexibility index (Phi) is 13.6. The number of aliphatic imine (C=N–C) groups is 1. The summed E-state index contributed by atoms with van der Waals surface area (Å²) in [4.78, 5) is 74.9. The van der Waals surface area contributed by atoms with Crippen LogP contribution in [0, 0.1) is 5.92 Å². The first kappa shape index (κ1) is 43.4. The van der Waals surface area contributed by atoms with Crippen LogP contribution in [0.25, 0.3) is 11.3 Å². The molecule has 324 valence electrons. The molecule has 0 radical (unpaired) electrons. The van der Waals surface area contributed by atoms with Crippen molar-refractivity contribution in [3.63, 3.8) is 0 Å². The molecule has 1 unspecified atom stereocenters. The molecule has 2 aromatic heterocycles. The van der Waals surface area contributed by atoms with Crippen molar-refractivity contribution < 1.29 is 41.9 Å². The molecule has 1 atom stereocenters. The second-order valence-electron chi connectivity index (χ2n) is 15.3. The first-order valence-corrected chi connectivity index (χ1v) is 20.4. The molecule has 0 bridgehead atoms. The number of carbonyl (C=O) groups excluding carboxylic acids is 5. The van der Waals surface area contributed by atoms with Gasteiger partial charge in [-0.25, -0.2) is 23.4 Å². The van der Waals surface area contributed by atoms with E-state index in [0.717, 1.165) is 23.3 Å². The largest absolute Gasteiger partial charge is 0.444 e. The summed E-state index contributed by atoms with van der Waals surface area (Å²) in [5.74, 6) is -1.57. The zero-order valence-electron chi connectivity index (χ0n) is 34.4. The molecule has 18 heteroatoms. The van der Waals surface area contributed by atoms with E-state index in [1.165, 1.54) is 23.7 Å². The third kappa shape index (κ3) is 10.1. The van der Waals surface area contributed by atoms with E-state index in [9.17, 15) is 32.8 Å². The lowest BCUT2D eigenvalue weighted by Gasteiger charge is -2.27. The summed E-state index contributed by atoms with van der Waals surface area (Å²) in [6, 6.07) is 11.3. The van der Waals surface area contributed by atoms with Gasteiger partial charge in [0.2, 0.25) is 17.7 Å². The number of aromatic nitrogens is 3. The van der Waals surface area contributed by atoms with Crippen molar-refractivity contribution >= 4 is 47.5 Å². The van der Waals surface area contributed by atoms with Crippen molar-refractivity contribution in [2.24, 2.45) is 10.9 Å². The van der Waals surface area contributed by atoms with Crippen LogP contribution in [0.15, 0.2) is 82.3 Å². The second-order valence-corrected chi connectivity index (χ2v) is 15.3. The number of likely N-dealkylation sites (N-methyl/N-ethyl adjacent to an activating group) is 1. The lowest BCUT2D eigenvalue weighted by atomic mass is 9.99. The van der Waals surface area contributed by atoms with Crippen LogP contribution in [-0.4, -0.2) is 100 Å². The SMILES string of the molecule is C=N/C(=C\C(=C/C)c1nc(C(=O)Nc2cn(-c3ccc(CN(C)CCOCCCc4cccc5c4C(=O)N(C4CCC(=O)NC4=O)C5=O)cc3)nc2C(F)F)co1)NCC1CC1. The average Bonchev–Trinajstić information content (AvgIpc) is 3.67. The zero-order valence-corrected chi connectivity index (χ0v) is 34.4. The summed E-state index contributed by atoms with van der Waals surface area (Å²) in [6.45, 7) is 8.21. The Morgan fingerprint density at radius 1 is 1.11 bits per heavy atom. The van der Waals surface area contributed by atoms with Crippen molar-refractivity contribution in [1.29, 1.82) is 0 Å². The fourth-order valence-electron chi connectivity index (χ4n) is 7.24. The van der Waals surface area contributed by atoms with E-state index in [-0.39, 0.29) is 35.7 Å². The number of allylic oxidation sites excluding steroid dienone is 3. The number of benzene rings is 2. The third-order valence-corrected chi connectivity index (χ3v) is 10.8. The van der Waals surface area contributed by atoms with Gasteiger partial charge in [0.25, 0.3) is 24.1 Å². The normalized spacial score (nSPS) is 16.9. The van der Waals surface area contributed by atoms with Gasteiger partial charge in [0, 0.05) is 38.2 Å². The molecule has 3 aliphatic rings. The van der Waals surface area contributed by atoms with Gasteiger partial charge in [0.05, 0.1) is 35.3 Å². The van der Waals surface area contributed by atoms with Crippen molar-refractivity contribution in [2.75, 3.05) is 38.7 Å². The van der Waals surface area contributed by atoms with E-state index in [1.54, 1.807) is 49.4 Å². The Balaban J connectivity index is 0.872. The Labute approximate surface area is 356 Å². The predicted molar refractivity (Wildman–Crippen MR) is 224 cm³/mol. The molecular weight excluding hydrogens is 805 g/mol. The van der Waals surface area contributed by atoms with Crippen molar-refractivity contribution in [3.05, 3.63) is 112 Å². The number of piperidine rings is 1. The highest BCUT2D eigenvalue weighted by atomic mass is 19.3. The zero-order chi connectivity index (χ0) is 43.9. The molecule has 3 N–H and O–H groups in total. The van der Waals surface area contributed by atoms with Crippen molar-refractivity contribution in [2.45, 2.75) is 64.5 Å². The van der Waals surface area contributed by atoms with Crippen LogP contribution < -0.4 is 16.0 Å². The summed E-state index contributed by atoms with van der Waals surface area (Å²) < 4.78 is 40.9. The van der Waals surface area contributed by atoms with Gasteiger partial charge in [-0.05, 0) is 94.1 Å². The number of amides is 5. The smallest absolute Gasteiger partial charge is 0.284 e. The molecule has 62 heavy (non-hydrogen) atoms. The van der Waals surface area contributed by atoms with E-state index >= 15 is 0 Å². The van der Waals surface area contributed by atoms with Crippen LogP contribution in [0.3, 0.4) is 0 Å². The van der Waals surface area contributed by atoms with Gasteiger partial charge < -0.3 is 19.8 Å². The molecule has 4 heterocycles. The Morgan fingerprint density at radius 2 is 1.90 bits per heavy atom. The van der Waals surface area contributed by atoms with E-state index < -0.39 is 47.7 Å². The molecule has 1 saturated carbocycles. The molecule has 2 aromatic carbocycles. The summed E-state index contributed by atoms with van der Waals surface area (Å²) in [7, 11) is 1.94. The number of nitrogens with one attached hydrogen (secondary N) is 3. The van der Waals surface area contributed by atoms with Crippen molar-refractivity contribution in [1.82, 2.24) is 35.2 Å². The maximum Gasteiger partial charge on any atom is 0.284 e. The maximum atomic E-state index is 14.1. The van der Waals surface area contributed by atoms with Crippen LogP contribution in [0.2, 0.25) is 0 Å². The van der Waals surface area contributed by atoms with Gasteiger partial charge in [-0.15, -0.1) is 0 Å². The quantitative estimate of drug-likeness (QED) is 0.0442. The van der Waals surface area contributed by atoms with Gasteiger partial charge in [0.1, 0.15) is 18.1 Å². The summed E-state index contributed by atoms with van der Waals surface area (Å²) in [6.07, 6.45) is 6.54. The number of rotatable bonds is 20. The van der Waals surface area contributed by atoms with E-state index in [0.29, 0.717) is 73.3 Å². The Morgan fingerprint density at radius 3 is 2.61 bits per heavy atom. The van der Waals surface area contributed by atoms with E-state index in [1.807, 2.05) is 19.2 Å². The lowest BCUT2D eigenvalue weighted by Crippen LogP contribution is -2.54. The third-order valence-electron chi connectivity index (χ3n) is 10.8. The minimum absolute atomic E-state index is 0.0547. The van der Waals surface area contributed by atoms with Gasteiger partial charge in [-0.2, -0.15) is 5.10 Å². The van der Waals surface area contributed by atoms with Crippen LogP contribution in [-0.2, 0) is 27.3 Å². The van der Waals surface area contributed by atoms with Crippen LogP contribution in [0.5, 0.6) is 0 Å². The lowest BCUT2D eigenvalue weighted by molar-refractivity contribution is -0.136. The molecule has 1 saturated heterocycles. The number of halogens is 2. The highest BCUT2D eigenvalue weighted by Crippen LogP contribution is 2.32. The number of ether oxygens (including phenoxy) is 1. The molecular formula is C44H47F2N9O7. The van der Waals surface area contributed by atoms with Crippen molar-refractivity contribution in [3.8, 4) is 5.69 Å². The maximum absolute atomic E-state index is 14.1. The number of oxazole rings is 1. The first-order chi connectivity index (χ1) is 29.9. The molecule has 2 fully saturated rings. The fraction of sp³-hybridized carbons (Fsp3) is 0.364. The first-order valence-electron chi connectivity index (χ1n) is 20.4. The number of hydrogen-bond acceptors (Lipinski definition) is 12. The van der Waals surface area contributed by atoms with Gasteiger partial charge >= 0.3 is 0 Å². The molecule has 1 aliphatic carbocycles. The van der Waals surface area contributed by atoms with Crippen LogP contribution >= 0.6 is 0 Å². The fourth-order valence-corrected chi connectivity index (χ4v) is 7.24. The van der Waals surface area contributed by atoms with Crippen LogP contribution in [0.1, 0.15) is 99.4 Å². The standard InChI is InChI=1S/C44H47F2N9O7/c1-4-28(21-35(47-2)48-22-26-10-11-26)42-50-33(25-62-42)40(57)49-32-24-54(52-38(32)39(45)46)30-14-12-27(13-15-30)23-53(3)18-20-61-19-6-8-29-7-5-9-31-37(29)44(60)55(43(31)59)34-16-17-36(56)51-41(34)58/h4-5,7,9,12-15,21,24-26,34,39,48H,2,6,8,10-11,16-20,22-23H2,1,3H3,(H,49,57)(H,51,56,58)/b28-4+,35-21+. The minimum Gasteiger partial charge on any atom is -0.444 e. The number of nitrogens with zero attached hydrogens (tertiary/aromatic N) is 6. The monoisotopic (exact) mass is 851 g/mol.